The molecule has 100 valence electrons. The first-order valence-electron chi connectivity index (χ1n) is 5.55. The number of halogens is 3. The van der Waals surface area contributed by atoms with Crippen LogP contribution in [0.1, 0.15) is 5.56 Å². The molecule has 0 unspecified atom stereocenters. The average Bonchev–Trinajstić information content (AvgIpc) is 2.37. The third kappa shape index (κ3) is 4.97. The van der Waals surface area contributed by atoms with Gasteiger partial charge in [-0.15, -0.1) is 0 Å². The van der Waals surface area contributed by atoms with E-state index in [2.05, 4.69) is 0 Å². The minimum absolute atomic E-state index is 0.298. The molecular weight excluding hydrogens is 320 g/mol. The van der Waals surface area contributed by atoms with E-state index < -0.39 is 20.0 Å². The maximum absolute atomic E-state index is 12.2. The van der Waals surface area contributed by atoms with Crippen molar-refractivity contribution in [3.8, 4) is 5.75 Å². The normalized spacial score (nSPS) is 11.3. The van der Waals surface area contributed by atoms with Crippen LogP contribution >= 0.6 is 0 Å². The van der Waals surface area contributed by atoms with E-state index in [1.54, 1.807) is 12.1 Å². The third-order valence-electron chi connectivity index (χ3n) is 2.31. The van der Waals surface area contributed by atoms with Gasteiger partial charge in [0.1, 0.15) is 0 Å². The number of rotatable bonds is 4. The van der Waals surface area contributed by atoms with Gasteiger partial charge in [0.2, 0.25) is 0 Å². The number of hydrogen-bond donors (Lipinski definition) is 0. The van der Waals surface area contributed by atoms with Crippen molar-refractivity contribution in [2.24, 2.45) is 0 Å². The van der Waals surface area contributed by atoms with Crippen molar-refractivity contribution in [2.75, 3.05) is 0 Å². The van der Waals surface area contributed by atoms with Crippen molar-refractivity contribution >= 4 is 19.4 Å². The van der Waals surface area contributed by atoms with Gasteiger partial charge in [-0.2, -0.15) is 0 Å². The summed E-state index contributed by atoms with van der Waals surface area (Å²) in [6.45, 7) is 0.407. The van der Waals surface area contributed by atoms with Gasteiger partial charge in [0.25, 0.3) is 0 Å². The Hall–Kier alpha value is -1.45. The van der Waals surface area contributed by atoms with Gasteiger partial charge < -0.3 is 0 Å². The van der Waals surface area contributed by atoms with Gasteiger partial charge in [-0.1, -0.05) is 0 Å². The number of hydrogen-bond acceptors (Lipinski definition) is 1. The van der Waals surface area contributed by atoms with Gasteiger partial charge in [-0.3, -0.25) is 0 Å². The van der Waals surface area contributed by atoms with Crippen LogP contribution in [-0.4, -0.2) is 20.0 Å². The fourth-order valence-electron chi connectivity index (χ4n) is 1.48. The molecule has 2 rings (SSSR count). The molecule has 1 nitrogen and oxygen atoms in total. The predicted molar refractivity (Wildman–Crippen MR) is 68.7 cm³/mol. The average molecular weight is 331 g/mol. The molecule has 5 heteroatoms. The Bertz CT molecular complexity index is 508. The number of alkyl halides is 3. The van der Waals surface area contributed by atoms with Crippen molar-refractivity contribution in [1.82, 2.24) is 0 Å². The molecule has 0 saturated carbocycles. The van der Waals surface area contributed by atoms with Gasteiger partial charge in [0, 0.05) is 0 Å². The van der Waals surface area contributed by atoms with E-state index in [1.807, 2.05) is 30.3 Å². The second-order valence-corrected chi connectivity index (χ2v) is 6.18. The Labute approximate surface area is 115 Å². The minimum atomic E-state index is -4.11. The molecule has 2 aromatic rings. The Morgan fingerprint density at radius 2 is 1.53 bits per heavy atom. The summed E-state index contributed by atoms with van der Waals surface area (Å²) in [4.78, 5) is 0. The van der Waals surface area contributed by atoms with Gasteiger partial charge in [-0.05, 0) is 0 Å². The van der Waals surface area contributed by atoms with E-state index in [1.165, 1.54) is 12.1 Å². The summed E-state index contributed by atoms with van der Waals surface area (Å²) in [5.41, 5.74) is 1.02. The van der Waals surface area contributed by atoms with Crippen molar-refractivity contribution in [3.63, 3.8) is 0 Å². The number of ether oxygens (including phenoxy) is 1. The topological polar surface area (TPSA) is 9.23 Å². The van der Waals surface area contributed by atoms with E-state index in [4.69, 9.17) is 4.74 Å². The van der Waals surface area contributed by atoms with E-state index in [9.17, 15) is 13.2 Å². The van der Waals surface area contributed by atoms with Crippen molar-refractivity contribution < 1.29 is 17.9 Å². The van der Waals surface area contributed by atoms with Crippen LogP contribution in [0.2, 0.25) is 0 Å². The molecule has 0 amide bonds. The fraction of sp³-hybridized carbons (Fsp3) is 0.143. The molecule has 0 aromatic heterocycles. The molecule has 0 aliphatic carbocycles. The molecule has 0 N–H and O–H groups in total. The summed E-state index contributed by atoms with van der Waals surface area (Å²) in [5.74, 6) is 0.575. The Morgan fingerprint density at radius 1 is 0.895 bits per heavy atom. The van der Waals surface area contributed by atoms with E-state index in [0.29, 0.717) is 16.8 Å². The van der Waals surface area contributed by atoms with Crippen LogP contribution in [0.25, 0.3) is 0 Å². The zero-order valence-electron chi connectivity index (χ0n) is 9.85. The van der Waals surface area contributed by atoms with Crippen LogP contribution in [0, 0.1) is 0 Å². The second kappa shape index (κ2) is 6.13. The van der Waals surface area contributed by atoms with Gasteiger partial charge >= 0.3 is 115 Å². The fourth-order valence-corrected chi connectivity index (χ4v) is 2.61. The molecule has 0 atom stereocenters. The zero-order valence-corrected chi connectivity index (χ0v) is 11.6. The molecule has 0 bridgehead atoms. The summed E-state index contributed by atoms with van der Waals surface area (Å²) in [6, 6.07) is 15.7. The molecule has 0 saturated heterocycles. The standard InChI is InChI=1S/C14H11F3OSe/c15-14(16,17)19-13-8-6-12(7-9-13)18-10-11-4-2-1-3-5-11/h1-9H,10H2. The molecule has 0 spiro atoms. The summed E-state index contributed by atoms with van der Waals surface area (Å²) in [7, 11) is 0. The molecule has 19 heavy (non-hydrogen) atoms. The van der Waals surface area contributed by atoms with E-state index in [0.717, 1.165) is 5.56 Å². The molecule has 0 radical (unpaired) electrons. The molecule has 2 aromatic carbocycles. The van der Waals surface area contributed by atoms with Crippen molar-refractivity contribution in [3.05, 3.63) is 60.2 Å². The Kier molecular flexibility index (Phi) is 4.51. The van der Waals surface area contributed by atoms with Crippen LogP contribution in [0.3, 0.4) is 0 Å². The Morgan fingerprint density at radius 3 is 2.11 bits per heavy atom. The Balaban J connectivity index is 1.92. The predicted octanol–water partition coefficient (Wildman–Crippen LogP) is 3.11. The zero-order chi connectivity index (χ0) is 13.7. The summed E-state index contributed by atoms with van der Waals surface area (Å²) >= 11 is -1.50. The molecule has 0 aliphatic rings. The first-order chi connectivity index (χ1) is 9.03. The monoisotopic (exact) mass is 332 g/mol. The summed E-state index contributed by atoms with van der Waals surface area (Å²) in [5, 5.41) is -4.11. The van der Waals surface area contributed by atoms with Crippen molar-refractivity contribution in [2.45, 2.75) is 11.7 Å². The second-order valence-electron chi connectivity index (χ2n) is 3.79. The van der Waals surface area contributed by atoms with Gasteiger partial charge in [-0.25, -0.2) is 0 Å². The van der Waals surface area contributed by atoms with Crippen LogP contribution < -0.4 is 9.20 Å². The maximum atomic E-state index is 12.2. The molecule has 0 aliphatic heterocycles. The number of benzene rings is 2. The van der Waals surface area contributed by atoms with Crippen molar-refractivity contribution in [1.29, 1.82) is 0 Å². The van der Waals surface area contributed by atoms with E-state index in [-0.39, 0.29) is 0 Å². The van der Waals surface area contributed by atoms with Crippen LogP contribution in [-0.2, 0) is 6.61 Å². The van der Waals surface area contributed by atoms with Gasteiger partial charge in [0.15, 0.2) is 0 Å². The quantitative estimate of drug-likeness (QED) is 0.783. The van der Waals surface area contributed by atoms with Crippen LogP contribution in [0.4, 0.5) is 13.2 Å². The summed E-state index contributed by atoms with van der Waals surface area (Å²) in [6.07, 6.45) is 0. The first kappa shape index (κ1) is 14.0. The molecular formula is C14H11F3OSe. The third-order valence-corrected chi connectivity index (χ3v) is 3.86. The van der Waals surface area contributed by atoms with Gasteiger partial charge in [0.05, 0.1) is 0 Å². The molecule has 0 fully saturated rings. The van der Waals surface area contributed by atoms with Crippen LogP contribution in [0.15, 0.2) is 54.6 Å². The van der Waals surface area contributed by atoms with E-state index >= 15 is 0 Å². The van der Waals surface area contributed by atoms with Crippen LogP contribution in [0.5, 0.6) is 5.75 Å². The summed E-state index contributed by atoms with van der Waals surface area (Å²) < 4.78 is 42.4. The SMILES string of the molecule is FC(F)(F)[Se]c1ccc(OCc2ccccc2)cc1. The molecule has 0 heterocycles. The first-order valence-corrected chi connectivity index (χ1v) is 7.27.